The first-order valence-corrected chi connectivity index (χ1v) is 11.8. The van der Waals surface area contributed by atoms with Crippen molar-refractivity contribution >= 4 is 41.5 Å². The van der Waals surface area contributed by atoms with Gasteiger partial charge in [-0.05, 0) is 56.2 Å². The molecule has 8 heteroatoms. The minimum absolute atomic E-state index is 0. The zero-order valence-corrected chi connectivity index (χ0v) is 21.5. The van der Waals surface area contributed by atoms with Crippen molar-refractivity contribution in [2.45, 2.75) is 63.7 Å². The molecular weight excluding hydrogens is 519 g/mol. The summed E-state index contributed by atoms with van der Waals surface area (Å²) in [5.74, 6) is 1.16. The van der Waals surface area contributed by atoms with Gasteiger partial charge in [0.2, 0.25) is 5.91 Å². The van der Waals surface area contributed by atoms with Gasteiger partial charge in [0, 0.05) is 51.9 Å². The van der Waals surface area contributed by atoms with Gasteiger partial charge in [-0.3, -0.25) is 9.79 Å². The normalized spacial score (nSPS) is 22.7. The molecule has 3 aliphatic heterocycles. The van der Waals surface area contributed by atoms with Gasteiger partial charge >= 0.3 is 0 Å². The first kappa shape index (κ1) is 25.2. The van der Waals surface area contributed by atoms with Gasteiger partial charge in [-0.2, -0.15) is 0 Å². The summed E-state index contributed by atoms with van der Waals surface area (Å²) in [6, 6.07) is 8.27. The predicted octanol–water partition coefficient (Wildman–Crippen LogP) is 3.56. The topological polar surface area (TPSA) is 66.4 Å². The largest absolute Gasteiger partial charge is 0.376 e. The molecule has 3 fully saturated rings. The average Bonchev–Trinajstić information content (AvgIpc) is 3.26. The fraction of sp³-hybridized carbons (Fsp3) is 0.667. The number of benzene rings is 1. The van der Waals surface area contributed by atoms with Gasteiger partial charge in [0.1, 0.15) is 0 Å². The van der Waals surface area contributed by atoms with Gasteiger partial charge in [0.25, 0.3) is 0 Å². The van der Waals surface area contributed by atoms with E-state index >= 15 is 0 Å². The highest BCUT2D eigenvalue weighted by molar-refractivity contribution is 14.0. The molecule has 0 bridgehead atoms. The molecule has 32 heavy (non-hydrogen) atoms. The molecule has 1 unspecified atom stereocenters. The summed E-state index contributed by atoms with van der Waals surface area (Å²) in [4.78, 5) is 20.6. The monoisotopic (exact) mass is 556 g/mol. The quantitative estimate of drug-likeness (QED) is 0.330. The third-order valence-corrected chi connectivity index (χ3v) is 6.52. The molecule has 1 aromatic carbocycles. The Kier molecular flexibility index (Phi) is 10.1. The first-order valence-electron chi connectivity index (χ1n) is 11.8. The molecule has 3 aliphatic rings. The van der Waals surface area contributed by atoms with Crippen LogP contribution in [0.1, 0.15) is 50.5 Å². The number of aliphatic imine (C=N–C) groups is 1. The van der Waals surface area contributed by atoms with Crippen LogP contribution in [0, 0.1) is 0 Å². The van der Waals surface area contributed by atoms with E-state index in [0.717, 1.165) is 76.7 Å². The Hall–Kier alpha value is -1.39. The van der Waals surface area contributed by atoms with E-state index in [0.29, 0.717) is 12.5 Å². The second-order valence-electron chi connectivity index (χ2n) is 8.72. The Balaban J connectivity index is 0.00000289. The van der Waals surface area contributed by atoms with E-state index in [1.807, 2.05) is 24.1 Å². The van der Waals surface area contributed by atoms with Crippen molar-refractivity contribution < 1.29 is 14.3 Å². The maximum atomic E-state index is 11.9. The Morgan fingerprint density at radius 2 is 1.91 bits per heavy atom. The number of carbonyl (C=O) groups excluding carboxylic acids is 1. The van der Waals surface area contributed by atoms with E-state index in [2.05, 4.69) is 27.3 Å². The lowest BCUT2D eigenvalue weighted by Crippen LogP contribution is -2.47. The van der Waals surface area contributed by atoms with Crippen molar-refractivity contribution in [3.8, 4) is 0 Å². The molecule has 4 rings (SSSR count). The van der Waals surface area contributed by atoms with Crippen LogP contribution in [0.25, 0.3) is 0 Å². The maximum Gasteiger partial charge on any atom is 0.227 e. The SMILES string of the molecule is CN=C(NCc1ccc(N2CCCC2=O)cc1)N1CCC(OCC2CCCCO2)CC1.I. The van der Waals surface area contributed by atoms with Crippen LogP contribution >= 0.6 is 24.0 Å². The zero-order valence-electron chi connectivity index (χ0n) is 19.1. The number of guanidine groups is 1. The fourth-order valence-electron chi connectivity index (χ4n) is 4.64. The molecule has 1 N–H and O–H groups in total. The Labute approximate surface area is 208 Å². The molecular formula is C24H37IN4O3. The van der Waals surface area contributed by atoms with Gasteiger partial charge in [0.15, 0.2) is 5.96 Å². The van der Waals surface area contributed by atoms with E-state index in [4.69, 9.17) is 9.47 Å². The first-order chi connectivity index (χ1) is 15.2. The smallest absolute Gasteiger partial charge is 0.227 e. The van der Waals surface area contributed by atoms with Crippen molar-refractivity contribution in [1.82, 2.24) is 10.2 Å². The van der Waals surface area contributed by atoms with E-state index in [1.165, 1.54) is 18.4 Å². The summed E-state index contributed by atoms with van der Waals surface area (Å²) >= 11 is 0. The number of hydrogen-bond acceptors (Lipinski definition) is 4. The van der Waals surface area contributed by atoms with Crippen LogP contribution in [0.15, 0.2) is 29.3 Å². The predicted molar refractivity (Wildman–Crippen MR) is 138 cm³/mol. The number of piperidine rings is 1. The van der Waals surface area contributed by atoms with Crippen molar-refractivity contribution in [1.29, 1.82) is 0 Å². The van der Waals surface area contributed by atoms with E-state index in [-0.39, 0.29) is 36.0 Å². The highest BCUT2D eigenvalue weighted by atomic mass is 127. The summed E-state index contributed by atoms with van der Waals surface area (Å²) in [7, 11) is 1.84. The van der Waals surface area contributed by atoms with Gasteiger partial charge in [-0.15, -0.1) is 24.0 Å². The van der Waals surface area contributed by atoms with Gasteiger partial charge in [0.05, 0.1) is 18.8 Å². The highest BCUT2D eigenvalue weighted by Gasteiger charge is 2.24. The number of rotatable bonds is 6. The van der Waals surface area contributed by atoms with Crippen LogP contribution in [-0.2, 0) is 20.8 Å². The third-order valence-electron chi connectivity index (χ3n) is 6.52. The van der Waals surface area contributed by atoms with Crippen molar-refractivity contribution in [2.75, 3.05) is 44.8 Å². The second-order valence-corrected chi connectivity index (χ2v) is 8.72. The van der Waals surface area contributed by atoms with Crippen LogP contribution in [0.4, 0.5) is 5.69 Å². The lowest BCUT2D eigenvalue weighted by atomic mass is 10.1. The number of carbonyl (C=O) groups is 1. The lowest BCUT2D eigenvalue weighted by molar-refractivity contribution is -0.117. The zero-order chi connectivity index (χ0) is 21.5. The fourth-order valence-corrected chi connectivity index (χ4v) is 4.64. The van der Waals surface area contributed by atoms with Gasteiger partial charge in [-0.25, -0.2) is 0 Å². The molecule has 3 saturated heterocycles. The number of halogens is 1. The van der Waals surface area contributed by atoms with Gasteiger partial charge < -0.3 is 24.6 Å². The number of amides is 1. The minimum Gasteiger partial charge on any atom is -0.376 e. The summed E-state index contributed by atoms with van der Waals surface area (Å²) in [6.07, 6.45) is 7.83. The molecule has 7 nitrogen and oxygen atoms in total. The molecule has 1 amide bonds. The molecule has 0 aromatic heterocycles. The Morgan fingerprint density at radius 1 is 1.12 bits per heavy atom. The molecule has 0 spiro atoms. The molecule has 3 heterocycles. The van der Waals surface area contributed by atoms with Gasteiger partial charge in [-0.1, -0.05) is 12.1 Å². The number of anilines is 1. The number of likely N-dealkylation sites (tertiary alicyclic amines) is 1. The molecule has 0 saturated carbocycles. The molecule has 1 atom stereocenters. The highest BCUT2D eigenvalue weighted by Crippen LogP contribution is 2.22. The number of hydrogen-bond donors (Lipinski definition) is 1. The molecule has 178 valence electrons. The van der Waals surface area contributed by atoms with Crippen LogP contribution < -0.4 is 10.2 Å². The number of nitrogens with one attached hydrogen (secondary N) is 1. The van der Waals surface area contributed by atoms with Crippen molar-refractivity contribution in [3.05, 3.63) is 29.8 Å². The Morgan fingerprint density at radius 3 is 2.53 bits per heavy atom. The number of ether oxygens (including phenoxy) is 2. The standard InChI is InChI=1S/C24H36N4O3.HI/c1-25-24(26-17-19-7-9-20(10-8-19)28-13-4-6-23(28)29)27-14-11-21(12-15-27)31-18-22-5-2-3-16-30-22;/h7-10,21-22H,2-6,11-18H2,1H3,(H,25,26);1H. The maximum absolute atomic E-state index is 11.9. The van der Waals surface area contributed by atoms with E-state index in [9.17, 15) is 4.79 Å². The van der Waals surface area contributed by atoms with Crippen molar-refractivity contribution in [3.63, 3.8) is 0 Å². The van der Waals surface area contributed by atoms with Crippen LogP contribution in [0.5, 0.6) is 0 Å². The third kappa shape index (κ3) is 6.81. The van der Waals surface area contributed by atoms with E-state index < -0.39 is 0 Å². The summed E-state index contributed by atoms with van der Waals surface area (Å²) < 4.78 is 11.9. The molecule has 0 aliphatic carbocycles. The minimum atomic E-state index is 0. The van der Waals surface area contributed by atoms with Crippen LogP contribution in [0.2, 0.25) is 0 Å². The summed E-state index contributed by atoms with van der Waals surface area (Å²) in [5, 5.41) is 3.49. The Bertz CT molecular complexity index is 744. The van der Waals surface area contributed by atoms with E-state index in [1.54, 1.807) is 0 Å². The number of nitrogens with zero attached hydrogens (tertiary/aromatic N) is 3. The van der Waals surface area contributed by atoms with Crippen LogP contribution in [-0.4, -0.2) is 68.9 Å². The molecule has 0 radical (unpaired) electrons. The summed E-state index contributed by atoms with van der Waals surface area (Å²) in [5.41, 5.74) is 2.18. The molecule has 1 aromatic rings. The summed E-state index contributed by atoms with van der Waals surface area (Å²) in [6.45, 7) is 5.06. The second kappa shape index (κ2) is 12.7. The van der Waals surface area contributed by atoms with Crippen LogP contribution in [0.3, 0.4) is 0 Å². The van der Waals surface area contributed by atoms with Crippen molar-refractivity contribution in [2.24, 2.45) is 4.99 Å². The lowest BCUT2D eigenvalue weighted by Gasteiger charge is -2.35. The average molecular weight is 556 g/mol.